The van der Waals surface area contributed by atoms with Gasteiger partial charge in [0.15, 0.2) is 11.5 Å². The molecular weight excluding hydrogens is 384 g/mol. The smallest absolute Gasteiger partial charge is 0.195 e. The molecule has 0 fully saturated rings. The molecule has 1 unspecified atom stereocenters. The Morgan fingerprint density at radius 3 is 2.70 bits per heavy atom. The van der Waals surface area contributed by atoms with E-state index in [2.05, 4.69) is 11.1 Å². The number of hydrogen-bond acceptors (Lipinski definition) is 6. The fourth-order valence-electron chi connectivity index (χ4n) is 4.08. The van der Waals surface area contributed by atoms with Crippen LogP contribution in [0.5, 0.6) is 11.5 Å². The van der Waals surface area contributed by atoms with Crippen LogP contribution >= 0.6 is 0 Å². The molecule has 4 rings (SSSR count). The number of benzene rings is 2. The Morgan fingerprint density at radius 1 is 1.27 bits per heavy atom. The Kier molecular flexibility index (Phi) is 4.77. The maximum absolute atomic E-state index is 13.4. The van der Waals surface area contributed by atoms with Crippen LogP contribution in [0.25, 0.3) is 10.9 Å². The largest absolute Gasteiger partial charge is 0.493 e. The fourth-order valence-corrected chi connectivity index (χ4v) is 4.08. The lowest BCUT2D eigenvalue weighted by atomic mass is 9.71. The number of carbonyl (C=O) groups is 1. The normalized spacial score (nSPS) is 15.3. The number of ether oxygens (including phenoxy) is 2. The summed E-state index contributed by atoms with van der Waals surface area (Å²) in [5.41, 5.74) is 3.16. The summed E-state index contributed by atoms with van der Waals surface area (Å²) in [6.45, 7) is 3.59. The van der Waals surface area contributed by atoms with Crippen LogP contribution in [-0.2, 0) is 5.41 Å². The second-order valence-corrected chi connectivity index (χ2v) is 7.86. The van der Waals surface area contributed by atoms with Crippen LogP contribution in [-0.4, -0.2) is 47.4 Å². The lowest BCUT2D eigenvalue weighted by Gasteiger charge is -2.32. The van der Waals surface area contributed by atoms with Gasteiger partial charge in [0.1, 0.15) is 24.5 Å². The van der Waals surface area contributed by atoms with Crippen LogP contribution < -0.4 is 9.47 Å². The maximum Gasteiger partial charge on any atom is 0.195 e. The molecule has 0 bridgehead atoms. The van der Waals surface area contributed by atoms with Crippen molar-refractivity contribution in [2.24, 2.45) is 0 Å². The number of aromatic amines is 1. The van der Waals surface area contributed by atoms with Crippen molar-refractivity contribution < 1.29 is 24.5 Å². The van der Waals surface area contributed by atoms with E-state index in [4.69, 9.17) is 14.6 Å². The number of fused-ring (bicyclic) bond motifs is 4. The highest BCUT2D eigenvalue weighted by molar-refractivity contribution is 6.20. The Balaban J connectivity index is 1.88. The lowest BCUT2D eigenvalue weighted by Crippen LogP contribution is -2.30. The molecule has 1 aliphatic rings. The molecule has 1 atom stereocenters. The van der Waals surface area contributed by atoms with Crippen molar-refractivity contribution >= 4 is 16.7 Å². The van der Waals surface area contributed by atoms with Gasteiger partial charge in [-0.25, -0.2) is 0 Å². The van der Waals surface area contributed by atoms with E-state index in [1.165, 1.54) is 7.11 Å². The lowest BCUT2D eigenvalue weighted by molar-refractivity contribution is 0.0535. The molecule has 0 saturated heterocycles. The number of nitriles is 1. The molecular formula is C23H22N2O5. The van der Waals surface area contributed by atoms with Crippen molar-refractivity contribution in [3.63, 3.8) is 0 Å². The van der Waals surface area contributed by atoms with Gasteiger partial charge in [0.05, 0.1) is 30.4 Å². The Bertz CT molecular complexity index is 1200. The van der Waals surface area contributed by atoms with Crippen LogP contribution in [0.3, 0.4) is 0 Å². The predicted octanol–water partition coefficient (Wildman–Crippen LogP) is 2.65. The van der Waals surface area contributed by atoms with E-state index in [0.717, 1.165) is 16.6 Å². The molecule has 30 heavy (non-hydrogen) atoms. The molecule has 1 aliphatic carbocycles. The summed E-state index contributed by atoms with van der Waals surface area (Å²) in [5.74, 6) is 0.810. The number of nitrogens with zero attached hydrogens (tertiary/aromatic N) is 1. The highest BCUT2D eigenvalue weighted by atomic mass is 16.5. The topological polar surface area (TPSA) is 116 Å². The van der Waals surface area contributed by atoms with Crippen LogP contribution in [0.15, 0.2) is 30.3 Å². The first-order valence-electron chi connectivity index (χ1n) is 9.57. The van der Waals surface area contributed by atoms with Gasteiger partial charge in [-0.15, -0.1) is 0 Å². The van der Waals surface area contributed by atoms with Gasteiger partial charge in [-0.1, -0.05) is 19.9 Å². The van der Waals surface area contributed by atoms with Crippen LogP contribution in [0.1, 0.15) is 46.6 Å². The van der Waals surface area contributed by atoms with Gasteiger partial charge in [0, 0.05) is 22.1 Å². The monoisotopic (exact) mass is 406 g/mol. The number of aliphatic hydroxyl groups is 2. The van der Waals surface area contributed by atoms with E-state index < -0.39 is 11.5 Å². The predicted molar refractivity (Wildman–Crippen MR) is 110 cm³/mol. The zero-order valence-electron chi connectivity index (χ0n) is 16.9. The van der Waals surface area contributed by atoms with E-state index in [1.54, 1.807) is 30.3 Å². The van der Waals surface area contributed by atoms with Crippen molar-refractivity contribution in [1.29, 1.82) is 5.26 Å². The number of hydrogen-bond donors (Lipinski definition) is 3. The molecule has 0 saturated carbocycles. The average Bonchev–Trinajstić information content (AvgIpc) is 3.16. The van der Waals surface area contributed by atoms with Gasteiger partial charge in [0.25, 0.3) is 0 Å². The standard InChI is InChI=1S/C23H22N2O5/c1-23(2)17-8-14(30-11-13(27)10-26)5-7-15(17)20(28)18-16-6-4-12(9-24)21(29-3)19(16)25-22(18)23/h4-8,13,25-27H,10-11H2,1-3H3. The van der Waals surface area contributed by atoms with Crippen molar-refractivity contribution in [2.75, 3.05) is 20.3 Å². The molecule has 154 valence electrons. The highest BCUT2D eigenvalue weighted by Crippen LogP contribution is 2.46. The fraction of sp³-hybridized carbons (Fsp3) is 0.304. The first-order chi connectivity index (χ1) is 14.3. The summed E-state index contributed by atoms with van der Waals surface area (Å²) in [6, 6.07) is 10.8. The molecule has 1 heterocycles. The molecule has 7 nitrogen and oxygen atoms in total. The molecule has 2 aromatic carbocycles. The second kappa shape index (κ2) is 7.17. The quantitative estimate of drug-likeness (QED) is 0.600. The number of methoxy groups -OCH3 is 1. The Morgan fingerprint density at radius 2 is 2.03 bits per heavy atom. The van der Waals surface area contributed by atoms with E-state index in [9.17, 15) is 15.2 Å². The number of rotatable bonds is 5. The number of nitrogens with one attached hydrogen (secondary N) is 1. The average molecular weight is 406 g/mol. The third-order valence-corrected chi connectivity index (χ3v) is 5.67. The number of ketones is 1. The summed E-state index contributed by atoms with van der Waals surface area (Å²) in [6.07, 6.45) is -0.974. The molecule has 0 spiro atoms. The van der Waals surface area contributed by atoms with Crippen LogP contribution in [0.4, 0.5) is 0 Å². The minimum absolute atomic E-state index is 0.0462. The molecule has 1 aromatic heterocycles. The number of carbonyl (C=O) groups excluding carboxylic acids is 1. The van der Waals surface area contributed by atoms with Gasteiger partial charge >= 0.3 is 0 Å². The van der Waals surface area contributed by atoms with E-state index >= 15 is 0 Å². The minimum atomic E-state index is -0.974. The molecule has 3 aromatic rings. The van der Waals surface area contributed by atoms with Gasteiger partial charge in [-0.3, -0.25) is 4.79 Å². The van der Waals surface area contributed by atoms with E-state index in [0.29, 0.717) is 33.7 Å². The molecule has 0 amide bonds. The van der Waals surface area contributed by atoms with Crippen LogP contribution in [0, 0.1) is 11.3 Å². The number of aliphatic hydroxyl groups excluding tert-OH is 2. The van der Waals surface area contributed by atoms with Crippen LogP contribution in [0.2, 0.25) is 0 Å². The summed E-state index contributed by atoms with van der Waals surface area (Å²) < 4.78 is 11.0. The van der Waals surface area contributed by atoms with E-state index in [1.807, 2.05) is 13.8 Å². The Labute approximate surface area is 173 Å². The van der Waals surface area contributed by atoms with E-state index in [-0.39, 0.29) is 19.0 Å². The zero-order valence-corrected chi connectivity index (χ0v) is 16.9. The first kappa shape index (κ1) is 20.0. The maximum atomic E-state index is 13.4. The highest BCUT2D eigenvalue weighted by Gasteiger charge is 2.40. The molecule has 0 aliphatic heterocycles. The van der Waals surface area contributed by atoms with Crippen molar-refractivity contribution in [2.45, 2.75) is 25.4 Å². The SMILES string of the molecule is COc1c(C#N)ccc2c3c([nH]c12)C(C)(C)c1cc(OCC(O)CO)ccc1C3=O. The summed E-state index contributed by atoms with van der Waals surface area (Å²) in [5, 5.41) is 28.6. The zero-order chi connectivity index (χ0) is 21.6. The van der Waals surface area contributed by atoms with Gasteiger partial charge in [-0.05, 0) is 29.8 Å². The minimum Gasteiger partial charge on any atom is -0.493 e. The number of aromatic nitrogens is 1. The number of H-pyrrole nitrogens is 1. The summed E-state index contributed by atoms with van der Waals surface area (Å²) in [4.78, 5) is 16.7. The molecule has 3 N–H and O–H groups in total. The molecule has 0 radical (unpaired) electrons. The van der Waals surface area contributed by atoms with Crippen molar-refractivity contribution in [3.05, 3.63) is 58.3 Å². The first-order valence-corrected chi connectivity index (χ1v) is 9.57. The molecule has 7 heteroatoms. The van der Waals surface area contributed by atoms with Crippen molar-refractivity contribution in [3.8, 4) is 17.6 Å². The third kappa shape index (κ3) is 2.84. The Hall–Kier alpha value is -3.34. The van der Waals surface area contributed by atoms with Crippen molar-refractivity contribution in [1.82, 2.24) is 4.98 Å². The third-order valence-electron chi connectivity index (χ3n) is 5.67. The van der Waals surface area contributed by atoms with Gasteiger partial charge < -0.3 is 24.7 Å². The second-order valence-electron chi connectivity index (χ2n) is 7.86. The van der Waals surface area contributed by atoms with Gasteiger partial charge in [-0.2, -0.15) is 5.26 Å². The summed E-state index contributed by atoms with van der Waals surface area (Å²) >= 11 is 0. The summed E-state index contributed by atoms with van der Waals surface area (Å²) in [7, 11) is 1.50. The van der Waals surface area contributed by atoms with Gasteiger partial charge in [0.2, 0.25) is 0 Å².